The van der Waals surface area contributed by atoms with Crippen molar-refractivity contribution in [1.29, 1.82) is 0 Å². The van der Waals surface area contributed by atoms with Gasteiger partial charge in [-0.1, -0.05) is 0 Å². The smallest absolute Gasteiger partial charge is 0.233 e. The molecule has 8 nitrogen and oxygen atoms in total. The van der Waals surface area contributed by atoms with Gasteiger partial charge in [0, 0.05) is 37.9 Å². The summed E-state index contributed by atoms with van der Waals surface area (Å²) < 4.78 is 9.82. The van der Waals surface area contributed by atoms with Gasteiger partial charge in [0.25, 0.3) is 0 Å². The maximum Gasteiger partial charge on any atom is 0.233 e. The molecule has 3 rings (SSSR count). The Hall–Kier alpha value is -2.81. The van der Waals surface area contributed by atoms with Crippen LogP contribution in [0.1, 0.15) is 13.8 Å². The Kier molecular flexibility index (Phi) is 5.03. The van der Waals surface area contributed by atoms with Crippen LogP contribution in [0.25, 0.3) is 11.5 Å². The van der Waals surface area contributed by atoms with Crippen LogP contribution in [-0.4, -0.2) is 44.7 Å². The van der Waals surface area contributed by atoms with Gasteiger partial charge in [-0.2, -0.15) is 9.36 Å². The van der Waals surface area contributed by atoms with E-state index in [2.05, 4.69) is 29.9 Å². The predicted octanol–water partition coefficient (Wildman–Crippen LogP) is 2.99. The zero-order valence-electron chi connectivity index (χ0n) is 14.5. The van der Waals surface area contributed by atoms with Gasteiger partial charge >= 0.3 is 0 Å². The van der Waals surface area contributed by atoms with Crippen LogP contribution < -0.4 is 15.0 Å². The van der Waals surface area contributed by atoms with E-state index in [1.807, 2.05) is 45.0 Å². The van der Waals surface area contributed by atoms with Gasteiger partial charge in [-0.3, -0.25) is 0 Å². The fraction of sp³-hybridized carbons (Fsp3) is 0.312. The largest absolute Gasteiger partial charge is 0.474 e. The molecule has 0 aliphatic heterocycles. The van der Waals surface area contributed by atoms with Crippen molar-refractivity contribution < 1.29 is 4.74 Å². The Balaban J connectivity index is 1.77. The van der Waals surface area contributed by atoms with Crippen molar-refractivity contribution in [3.63, 3.8) is 0 Å². The third-order valence-corrected chi connectivity index (χ3v) is 3.78. The molecule has 0 saturated heterocycles. The Labute approximate surface area is 150 Å². The molecular formula is C16H19N7OS. The fourth-order valence-corrected chi connectivity index (χ4v) is 2.65. The molecule has 0 aromatic carbocycles. The number of rotatable bonds is 6. The average Bonchev–Trinajstić information content (AvgIpc) is 3.04. The second-order valence-corrected chi connectivity index (χ2v) is 6.49. The molecule has 9 heteroatoms. The molecule has 0 amide bonds. The van der Waals surface area contributed by atoms with Crippen molar-refractivity contribution in [3.8, 4) is 17.4 Å². The normalized spacial score (nSPS) is 10.8. The molecule has 0 spiro atoms. The van der Waals surface area contributed by atoms with Crippen molar-refractivity contribution in [1.82, 2.24) is 24.5 Å². The summed E-state index contributed by atoms with van der Waals surface area (Å²) >= 11 is 1.24. The quantitative estimate of drug-likeness (QED) is 0.720. The standard InChI is InChI=1S/C16H19N7OS/c1-10(2)24-13-8-7-11(20-21-13)14-18-16(25-22-14)19-15-12(23(3)4)6-5-9-17-15/h5-10H,1-4H3,(H,17,18,19,22). The third kappa shape index (κ3) is 4.18. The van der Waals surface area contributed by atoms with E-state index in [0.717, 1.165) is 11.5 Å². The SMILES string of the molecule is CC(C)Oc1ccc(-c2nsc(Nc3ncccc3N(C)C)n2)nn1. The number of ether oxygens (including phenoxy) is 1. The zero-order chi connectivity index (χ0) is 17.8. The van der Waals surface area contributed by atoms with Crippen LogP contribution in [0.2, 0.25) is 0 Å². The fourth-order valence-electron chi connectivity index (χ4n) is 2.08. The molecule has 0 saturated carbocycles. The van der Waals surface area contributed by atoms with E-state index in [1.165, 1.54) is 11.5 Å². The van der Waals surface area contributed by atoms with E-state index >= 15 is 0 Å². The molecule has 0 unspecified atom stereocenters. The molecule has 25 heavy (non-hydrogen) atoms. The van der Waals surface area contributed by atoms with E-state index in [0.29, 0.717) is 22.5 Å². The minimum absolute atomic E-state index is 0.0533. The number of nitrogens with zero attached hydrogens (tertiary/aromatic N) is 6. The first-order valence-corrected chi connectivity index (χ1v) is 8.54. The summed E-state index contributed by atoms with van der Waals surface area (Å²) in [5.74, 6) is 1.72. The van der Waals surface area contributed by atoms with E-state index in [4.69, 9.17) is 4.74 Å². The van der Waals surface area contributed by atoms with E-state index in [1.54, 1.807) is 18.3 Å². The van der Waals surface area contributed by atoms with Crippen molar-refractivity contribution >= 4 is 28.2 Å². The highest BCUT2D eigenvalue weighted by atomic mass is 32.1. The summed E-state index contributed by atoms with van der Waals surface area (Å²) in [6.07, 6.45) is 1.79. The molecule has 1 N–H and O–H groups in total. The monoisotopic (exact) mass is 357 g/mol. The third-order valence-electron chi connectivity index (χ3n) is 3.15. The highest BCUT2D eigenvalue weighted by Gasteiger charge is 2.12. The molecule has 0 atom stereocenters. The lowest BCUT2D eigenvalue weighted by atomic mass is 10.3. The topological polar surface area (TPSA) is 89.0 Å². The molecule has 0 radical (unpaired) electrons. The van der Waals surface area contributed by atoms with Gasteiger partial charge in [-0.15, -0.1) is 10.2 Å². The molecule has 0 aliphatic rings. The molecular weight excluding hydrogens is 338 g/mol. The number of aromatic nitrogens is 5. The van der Waals surface area contributed by atoms with Gasteiger partial charge < -0.3 is 15.0 Å². The lowest BCUT2D eigenvalue weighted by molar-refractivity contribution is 0.230. The summed E-state index contributed by atoms with van der Waals surface area (Å²) in [4.78, 5) is 10.8. The first-order chi connectivity index (χ1) is 12.0. The van der Waals surface area contributed by atoms with Crippen LogP contribution in [0.3, 0.4) is 0 Å². The van der Waals surface area contributed by atoms with Gasteiger partial charge in [0.2, 0.25) is 11.0 Å². The van der Waals surface area contributed by atoms with Gasteiger partial charge in [-0.25, -0.2) is 4.98 Å². The zero-order valence-corrected chi connectivity index (χ0v) is 15.3. The number of hydrogen-bond donors (Lipinski definition) is 1. The number of hydrogen-bond acceptors (Lipinski definition) is 9. The summed E-state index contributed by atoms with van der Waals surface area (Å²) in [6, 6.07) is 7.43. The van der Waals surface area contributed by atoms with Crippen LogP contribution in [0.4, 0.5) is 16.6 Å². The summed E-state index contributed by atoms with van der Waals surface area (Å²) in [5.41, 5.74) is 1.56. The van der Waals surface area contributed by atoms with Crippen LogP contribution in [0.5, 0.6) is 5.88 Å². The Bertz CT molecular complexity index is 833. The van der Waals surface area contributed by atoms with Crippen molar-refractivity contribution in [3.05, 3.63) is 30.5 Å². The molecule has 130 valence electrons. The highest BCUT2D eigenvalue weighted by molar-refractivity contribution is 7.09. The lowest BCUT2D eigenvalue weighted by Gasteiger charge is -2.15. The van der Waals surface area contributed by atoms with Gasteiger partial charge in [0.05, 0.1) is 11.8 Å². The first kappa shape index (κ1) is 17.0. The van der Waals surface area contributed by atoms with Crippen LogP contribution >= 0.6 is 11.5 Å². The van der Waals surface area contributed by atoms with Gasteiger partial charge in [0.1, 0.15) is 5.69 Å². The van der Waals surface area contributed by atoms with Crippen LogP contribution in [0, 0.1) is 0 Å². The van der Waals surface area contributed by atoms with E-state index < -0.39 is 0 Å². The minimum atomic E-state index is 0.0533. The van der Waals surface area contributed by atoms with Crippen molar-refractivity contribution in [2.24, 2.45) is 0 Å². The van der Waals surface area contributed by atoms with Crippen molar-refractivity contribution in [2.45, 2.75) is 20.0 Å². The summed E-state index contributed by atoms with van der Waals surface area (Å²) in [7, 11) is 3.92. The van der Waals surface area contributed by atoms with Crippen LogP contribution in [0.15, 0.2) is 30.5 Å². The molecule has 0 aliphatic carbocycles. The minimum Gasteiger partial charge on any atom is -0.474 e. The Morgan fingerprint density at radius 1 is 1.16 bits per heavy atom. The Morgan fingerprint density at radius 2 is 2.00 bits per heavy atom. The van der Waals surface area contributed by atoms with E-state index in [-0.39, 0.29) is 6.10 Å². The average molecular weight is 357 g/mol. The molecule has 0 fully saturated rings. The number of nitrogens with one attached hydrogen (secondary N) is 1. The van der Waals surface area contributed by atoms with Gasteiger partial charge in [-0.05, 0) is 32.0 Å². The van der Waals surface area contributed by atoms with Crippen molar-refractivity contribution in [2.75, 3.05) is 24.3 Å². The summed E-state index contributed by atoms with van der Waals surface area (Å²) in [6.45, 7) is 3.88. The number of pyridine rings is 1. The molecule has 0 bridgehead atoms. The maximum atomic E-state index is 5.49. The van der Waals surface area contributed by atoms with E-state index in [9.17, 15) is 0 Å². The first-order valence-electron chi connectivity index (χ1n) is 7.77. The maximum absolute atomic E-state index is 5.49. The highest BCUT2D eigenvalue weighted by Crippen LogP contribution is 2.27. The predicted molar refractivity (Wildman–Crippen MR) is 98.5 cm³/mol. The molecule has 3 aromatic rings. The Morgan fingerprint density at radius 3 is 2.68 bits per heavy atom. The van der Waals surface area contributed by atoms with Crippen LogP contribution in [-0.2, 0) is 0 Å². The second-order valence-electron chi connectivity index (χ2n) is 5.74. The lowest BCUT2D eigenvalue weighted by Crippen LogP contribution is -2.11. The molecule has 3 heterocycles. The molecule has 3 aromatic heterocycles. The second kappa shape index (κ2) is 7.39. The summed E-state index contributed by atoms with van der Waals surface area (Å²) in [5, 5.41) is 12.0. The van der Waals surface area contributed by atoms with Gasteiger partial charge in [0.15, 0.2) is 11.6 Å². The number of anilines is 3.